The molecule has 0 heterocycles. The molecule has 0 spiro atoms. The van der Waals surface area contributed by atoms with Crippen molar-refractivity contribution in [3.8, 4) is 0 Å². The van der Waals surface area contributed by atoms with E-state index in [4.69, 9.17) is 0 Å². The Kier molecular flexibility index (Phi) is 8.70. The molecule has 0 aromatic rings. The van der Waals surface area contributed by atoms with E-state index >= 15 is 0 Å². The van der Waals surface area contributed by atoms with E-state index in [2.05, 4.69) is 0 Å². The van der Waals surface area contributed by atoms with E-state index in [1.165, 1.54) is 0 Å². The van der Waals surface area contributed by atoms with Crippen LogP contribution in [0.2, 0.25) is 0 Å². The van der Waals surface area contributed by atoms with Crippen molar-refractivity contribution in [2.45, 2.75) is 6.68 Å². The van der Waals surface area contributed by atoms with Gasteiger partial charge in [0, 0.05) is 27.7 Å². The van der Waals surface area contributed by atoms with E-state index in [9.17, 15) is 13.2 Å². The Labute approximate surface area is 47.9 Å². The van der Waals surface area contributed by atoms with E-state index in [-0.39, 0.29) is 27.7 Å². The summed E-state index contributed by atoms with van der Waals surface area (Å²) in [5, 5.41) is 0. The molecule has 0 radical (unpaired) electrons. The second kappa shape index (κ2) is 4.73. The van der Waals surface area contributed by atoms with Crippen LogP contribution in [0.3, 0.4) is 0 Å². The molecule has 0 rings (SSSR count). The van der Waals surface area contributed by atoms with Crippen LogP contribution >= 0.6 is 0 Å². The Morgan fingerprint density at radius 3 is 1.00 bits per heavy atom. The third-order valence-corrected chi connectivity index (χ3v) is 0. The molecule has 0 saturated carbocycles. The predicted octanol–water partition coefficient (Wildman–Crippen LogP) is 1.18. The Bertz CT molecular complexity index is 11.6. The molecule has 0 aliphatic heterocycles. The second-order valence-electron chi connectivity index (χ2n) is 0.247. The van der Waals surface area contributed by atoms with E-state index in [0.717, 1.165) is 0 Å². The Morgan fingerprint density at radius 2 is 1.00 bits per heavy atom. The summed E-state index contributed by atoms with van der Waals surface area (Å²) in [6.45, 7) is -3.67. The number of rotatable bonds is 0. The maximum atomic E-state index is 9.67. The molecule has 0 aliphatic carbocycles. The van der Waals surface area contributed by atoms with Crippen molar-refractivity contribution in [2.75, 3.05) is 0 Å². The molecule has 5 heavy (non-hydrogen) atoms. The Balaban J connectivity index is 0. The SMILES string of the molecule is FC(F)F.[Hg]. The molecule has 0 aromatic heterocycles. The normalized spacial score (nSPS) is 7.20. The van der Waals surface area contributed by atoms with Gasteiger partial charge in [0.1, 0.15) is 0 Å². The minimum Gasteiger partial charge on any atom is -0.174 e. The monoisotopic (exact) mass is 272 g/mol. The average Bonchev–Trinajstić information content (AvgIpc) is 0.811. The Hall–Kier alpha value is 0.725. The minimum atomic E-state index is -3.67. The fourth-order valence-electron chi connectivity index (χ4n) is 0. The molecule has 0 bridgehead atoms. The summed E-state index contributed by atoms with van der Waals surface area (Å²) in [6, 6.07) is 0. The predicted molar refractivity (Wildman–Crippen MR) is 7.11 cm³/mol. The van der Waals surface area contributed by atoms with Gasteiger partial charge in [0.15, 0.2) is 0 Å². The van der Waals surface area contributed by atoms with Crippen LogP contribution in [0.15, 0.2) is 0 Å². The van der Waals surface area contributed by atoms with Gasteiger partial charge in [0.05, 0.1) is 0 Å². The number of hydrogen-bond donors (Lipinski definition) is 0. The zero-order valence-electron chi connectivity index (χ0n) is 2.42. The zero-order chi connectivity index (χ0) is 3.58. The van der Waals surface area contributed by atoms with Gasteiger partial charge in [-0.05, 0) is 0 Å². The summed E-state index contributed by atoms with van der Waals surface area (Å²) in [5.74, 6) is 0. The van der Waals surface area contributed by atoms with Gasteiger partial charge in [0.2, 0.25) is 0 Å². The fourth-order valence-corrected chi connectivity index (χ4v) is 0. The van der Waals surface area contributed by atoms with Crippen LogP contribution in [-0.2, 0) is 27.7 Å². The molecular weight excluding hydrogens is 270 g/mol. The molecule has 0 nitrogen and oxygen atoms in total. The largest absolute Gasteiger partial charge is 0.379 e. The van der Waals surface area contributed by atoms with Gasteiger partial charge < -0.3 is 0 Å². The Morgan fingerprint density at radius 1 is 1.00 bits per heavy atom. The molecule has 28 valence electrons. The van der Waals surface area contributed by atoms with Crippen LogP contribution in [0.1, 0.15) is 0 Å². The third kappa shape index (κ3) is 66.7. The van der Waals surface area contributed by atoms with Crippen molar-refractivity contribution in [2.24, 2.45) is 0 Å². The van der Waals surface area contributed by atoms with Gasteiger partial charge >= 0.3 is 6.68 Å². The van der Waals surface area contributed by atoms with Crippen LogP contribution in [0.4, 0.5) is 13.2 Å². The summed E-state index contributed by atoms with van der Waals surface area (Å²) in [6.07, 6.45) is 0. The van der Waals surface area contributed by atoms with Crippen LogP contribution in [0, 0.1) is 0 Å². The second-order valence-corrected chi connectivity index (χ2v) is 0.247. The maximum absolute atomic E-state index is 9.67. The summed E-state index contributed by atoms with van der Waals surface area (Å²) in [7, 11) is 0. The first-order valence-electron chi connectivity index (χ1n) is 0.655. The first kappa shape index (κ1) is 9.21. The van der Waals surface area contributed by atoms with E-state index in [1.807, 2.05) is 0 Å². The number of alkyl halides is 3. The van der Waals surface area contributed by atoms with Crippen molar-refractivity contribution < 1.29 is 40.8 Å². The summed E-state index contributed by atoms with van der Waals surface area (Å²) >= 11 is 0. The minimum absolute atomic E-state index is 0. The third-order valence-electron chi connectivity index (χ3n) is 0. The van der Waals surface area contributed by atoms with Gasteiger partial charge in [-0.15, -0.1) is 0 Å². The van der Waals surface area contributed by atoms with Gasteiger partial charge in [-0.2, -0.15) is 13.2 Å². The molecule has 0 N–H and O–H groups in total. The molecule has 0 aromatic carbocycles. The van der Waals surface area contributed by atoms with E-state index in [1.54, 1.807) is 0 Å². The fraction of sp³-hybridized carbons (Fsp3) is 1.00. The zero-order valence-corrected chi connectivity index (χ0v) is 7.92. The van der Waals surface area contributed by atoms with Crippen molar-refractivity contribution in [1.82, 2.24) is 0 Å². The van der Waals surface area contributed by atoms with E-state index < -0.39 is 6.68 Å². The van der Waals surface area contributed by atoms with Gasteiger partial charge in [0.25, 0.3) is 0 Å². The topological polar surface area (TPSA) is 0 Å². The molecule has 0 aliphatic rings. The van der Waals surface area contributed by atoms with Gasteiger partial charge in [-0.25, -0.2) is 0 Å². The van der Waals surface area contributed by atoms with Crippen LogP contribution in [0.5, 0.6) is 0 Å². The molecule has 0 fully saturated rings. The summed E-state index contributed by atoms with van der Waals surface area (Å²) in [4.78, 5) is 0. The average molecular weight is 271 g/mol. The molecule has 0 atom stereocenters. The maximum Gasteiger partial charge on any atom is 0.379 e. The smallest absolute Gasteiger partial charge is 0.174 e. The van der Waals surface area contributed by atoms with Crippen molar-refractivity contribution >= 4 is 0 Å². The summed E-state index contributed by atoms with van der Waals surface area (Å²) < 4.78 is 29.0. The first-order chi connectivity index (χ1) is 1.73. The molecule has 0 amide bonds. The van der Waals surface area contributed by atoms with Crippen molar-refractivity contribution in [3.05, 3.63) is 0 Å². The number of hydrogen-bond acceptors (Lipinski definition) is 0. The van der Waals surface area contributed by atoms with E-state index in [0.29, 0.717) is 0 Å². The quantitative estimate of drug-likeness (QED) is 0.580. The van der Waals surface area contributed by atoms with Crippen LogP contribution in [-0.4, -0.2) is 6.68 Å². The van der Waals surface area contributed by atoms with Crippen LogP contribution < -0.4 is 0 Å². The first-order valence-corrected chi connectivity index (χ1v) is 0.655. The summed E-state index contributed by atoms with van der Waals surface area (Å²) in [5.41, 5.74) is 0. The van der Waals surface area contributed by atoms with Gasteiger partial charge in [-0.3, -0.25) is 0 Å². The molecule has 0 saturated heterocycles. The van der Waals surface area contributed by atoms with Gasteiger partial charge in [-0.1, -0.05) is 0 Å². The molecule has 4 heteroatoms. The molecular formula is CHF3Hg. The standard InChI is InChI=1S/CHF3.Hg/c2-1(3)4;/h1H;. The van der Waals surface area contributed by atoms with Crippen molar-refractivity contribution in [3.63, 3.8) is 0 Å². The number of halogens is 3. The van der Waals surface area contributed by atoms with Crippen LogP contribution in [0.25, 0.3) is 0 Å². The molecule has 0 unspecified atom stereocenters. The van der Waals surface area contributed by atoms with Crippen molar-refractivity contribution in [1.29, 1.82) is 0 Å².